The first kappa shape index (κ1) is 32.8. The van der Waals surface area contributed by atoms with Crippen LogP contribution in [-0.2, 0) is 0 Å². The van der Waals surface area contributed by atoms with E-state index in [1.807, 2.05) is 42.5 Å². The van der Waals surface area contributed by atoms with E-state index in [1.54, 1.807) is 0 Å². The van der Waals surface area contributed by atoms with Crippen LogP contribution in [-0.4, -0.2) is 21.7 Å². The highest BCUT2D eigenvalue weighted by Gasteiger charge is 2.28. The van der Waals surface area contributed by atoms with E-state index >= 15 is 0 Å². The van der Waals surface area contributed by atoms with Gasteiger partial charge in [0.05, 0.1) is 27.9 Å². The maximum atomic E-state index is 5.31. The van der Waals surface area contributed by atoms with Gasteiger partial charge >= 0.3 is 0 Å². The van der Waals surface area contributed by atoms with Crippen molar-refractivity contribution in [3.63, 3.8) is 0 Å². The lowest BCUT2D eigenvalue weighted by Crippen LogP contribution is -2.02. The van der Waals surface area contributed by atoms with Crippen molar-refractivity contribution in [2.24, 2.45) is 9.98 Å². The molecule has 7 aromatic carbocycles. The highest BCUT2D eigenvalue weighted by atomic mass is 15.0. The molecule has 0 spiro atoms. The van der Waals surface area contributed by atoms with Gasteiger partial charge < -0.3 is 9.13 Å². The lowest BCUT2D eigenvalue weighted by Gasteiger charge is -2.17. The Hall–Kier alpha value is -7.04. The number of aryl methyl sites for hydroxylation is 1. The summed E-state index contributed by atoms with van der Waals surface area (Å²) in [6.45, 7) is 12.8. The summed E-state index contributed by atoms with van der Waals surface area (Å²) < 4.78 is 4.86. The van der Waals surface area contributed by atoms with E-state index in [2.05, 4.69) is 169 Å². The van der Waals surface area contributed by atoms with E-state index in [4.69, 9.17) is 4.99 Å². The quantitative estimate of drug-likeness (QED) is 0.118. The normalized spacial score (nSPS) is 12.4. The highest BCUT2D eigenvalue weighted by molar-refractivity contribution is 6.34. The van der Waals surface area contributed by atoms with Gasteiger partial charge in [-0.15, -0.1) is 0 Å². The second kappa shape index (κ2) is 13.5. The predicted octanol–water partition coefficient (Wildman–Crippen LogP) is 13.0. The van der Waals surface area contributed by atoms with Crippen LogP contribution in [0.1, 0.15) is 29.2 Å². The van der Waals surface area contributed by atoms with Gasteiger partial charge in [-0.2, -0.15) is 0 Å². The van der Waals surface area contributed by atoms with E-state index in [9.17, 15) is 0 Å². The number of allylic oxidation sites excluding steroid dienone is 1. The number of nitrogens with zero attached hydrogens (tertiary/aromatic N) is 4. The van der Waals surface area contributed by atoms with Crippen molar-refractivity contribution in [3.8, 4) is 16.9 Å². The van der Waals surface area contributed by atoms with Crippen LogP contribution in [0.3, 0.4) is 0 Å². The van der Waals surface area contributed by atoms with Crippen molar-refractivity contribution in [2.45, 2.75) is 13.8 Å². The fraction of sp³-hybridized carbons (Fsp3) is 0.0400. The average Bonchev–Trinajstić information content (AvgIpc) is 3.76. The third-order valence-electron chi connectivity index (χ3n) is 10.5. The van der Waals surface area contributed by atoms with Crippen LogP contribution in [0, 0.1) is 6.92 Å². The fourth-order valence-electron chi connectivity index (χ4n) is 8.17. The molecule has 4 nitrogen and oxygen atoms in total. The Kier molecular flexibility index (Phi) is 8.21. The molecule has 0 fully saturated rings. The zero-order valence-electron chi connectivity index (χ0n) is 30.4. The van der Waals surface area contributed by atoms with Gasteiger partial charge in [-0.1, -0.05) is 158 Å². The molecule has 2 heterocycles. The van der Waals surface area contributed by atoms with Gasteiger partial charge in [-0.3, -0.25) is 0 Å². The maximum absolute atomic E-state index is 5.31. The Morgan fingerprint density at radius 2 is 1.15 bits per heavy atom. The summed E-state index contributed by atoms with van der Waals surface area (Å²) >= 11 is 0. The largest absolute Gasteiger partial charge is 0.310 e. The van der Waals surface area contributed by atoms with Crippen molar-refractivity contribution in [1.82, 2.24) is 9.13 Å². The molecule has 0 unspecified atom stereocenters. The molecule has 0 amide bonds. The zero-order chi connectivity index (χ0) is 36.8. The third kappa shape index (κ3) is 5.14. The molecule has 0 aliphatic carbocycles. The molecule has 0 saturated carbocycles. The van der Waals surface area contributed by atoms with Crippen molar-refractivity contribution >= 4 is 73.5 Å². The molecule has 2 aromatic heterocycles. The second-order valence-electron chi connectivity index (χ2n) is 13.6. The number of para-hydroxylation sites is 2. The Bertz CT molecular complexity index is 2960. The summed E-state index contributed by atoms with van der Waals surface area (Å²) in [7, 11) is 0. The smallest absolute Gasteiger partial charge is 0.159 e. The van der Waals surface area contributed by atoms with Gasteiger partial charge in [0.2, 0.25) is 0 Å². The van der Waals surface area contributed by atoms with E-state index in [-0.39, 0.29) is 0 Å². The summed E-state index contributed by atoms with van der Waals surface area (Å²) in [4.78, 5) is 9.76. The van der Waals surface area contributed by atoms with E-state index < -0.39 is 0 Å². The molecule has 54 heavy (non-hydrogen) atoms. The van der Waals surface area contributed by atoms with E-state index in [0.29, 0.717) is 5.84 Å². The maximum Gasteiger partial charge on any atom is 0.159 e. The average molecular weight is 695 g/mol. The zero-order valence-corrected chi connectivity index (χ0v) is 30.4. The van der Waals surface area contributed by atoms with Gasteiger partial charge in [0, 0.05) is 60.6 Å². The van der Waals surface area contributed by atoms with Gasteiger partial charge in [-0.05, 0) is 44.3 Å². The standard InChI is InChI=1S/C50H38N4/c1-5-38-44-45-42-31-19-20-32-43(42)53(34(3)46(35-22-9-6-10-23-35)52-50(51-4)36-24-11-7-12-25-36)48(45)40-29-17-18-30-41(40)49(44)54(37-26-13-8-14-27-37)47(38)39-28-16-15-21-33(39)2/h5-32H,1,4H2,2-3H3/b46-34+,52-50?. The molecule has 0 saturated heterocycles. The first-order valence-corrected chi connectivity index (χ1v) is 18.2. The van der Waals surface area contributed by atoms with Crippen LogP contribution in [0.25, 0.3) is 77.9 Å². The van der Waals surface area contributed by atoms with Crippen molar-refractivity contribution in [2.75, 3.05) is 0 Å². The molecule has 0 radical (unpaired) electrons. The summed E-state index contributed by atoms with van der Waals surface area (Å²) in [5.74, 6) is 0.568. The number of aromatic nitrogens is 2. The minimum Gasteiger partial charge on any atom is -0.310 e. The summed E-state index contributed by atoms with van der Waals surface area (Å²) in [5, 5.41) is 5.82. The summed E-state index contributed by atoms with van der Waals surface area (Å²) in [6.07, 6.45) is 2.05. The molecule has 258 valence electrons. The molecule has 9 rings (SSSR count). The van der Waals surface area contributed by atoms with Crippen LogP contribution in [0.5, 0.6) is 0 Å². The van der Waals surface area contributed by atoms with Crippen LogP contribution >= 0.6 is 0 Å². The number of rotatable bonds is 7. The molecule has 0 atom stereocenters. The molecule has 0 bridgehead atoms. The number of amidine groups is 1. The van der Waals surface area contributed by atoms with Gasteiger partial charge in [0.25, 0.3) is 0 Å². The Balaban J connectivity index is 1.52. The molecule has 9 aromatic rings. The summed E-state index contributed by atoms with van der Waals surface area (Å²) in [6, 6.07) is 57.3. The minimum absolute atomic E-state index is 0.568. The van der Waals surface area contributed by atoms with Crippen molar-refractivity contribution in [3.05, 3.63) is 193 Å². The first-order chi connectivity index (χ1) is 26.6. The molecular formula is C50H38N4. The molecule has 4 heteroatoms. The van der Waals surface area contributed by atoms with Gasteiger partial charge in [0.1, 0.15) is 0 Å². The lowest BCUT2D eigenvalue weighted by molar-refractivity contribution is 1.13. The Labute approximate surface area is 315 Å². The van der Waals surface area contributed by atoms with Crippen LogP contribution in [0.2, 0.25) is 0 Å². The summed E-state index contributed by atoms with van der Waals surface area (Å²) in [5.41, 5.74) is 12.8. The fourth-order valence-corrected chi connectivity index (χ4v) is 8.17. The number of aliphatic imine (C=N–C) groups is 2. The SMILES string of the molecule is C=Cc1c(-c2ccccc2C)n(-c2ccccc2)c2c3ccccc3c3c(c4ccccc4n3/C(C)=C(/N=C(N=C)c3ccccc3)c3ccccc3)c12. The number of fused-ring (bicyclic) bond motifs is 8. The van der Waals surface area contributed by atoms with Gasteiger partial charge in [-0.25, -0.2) is 9.98 Å². The van der Waals surface area contributed by atoms with Crippen LogP contribution in [0.4, 0.5) is 0 Å². The van der Waals surface area contributed by atoms with Gasteiger partial charge in [0.15, 0.2) is 5.84 Å². The van der Waals surface area contributed by atoms with Crippen molar-refractivity contribution < 1.29 is 0 Å². The molecule has 0 aliphatic heterocycles. The highest BCUT2D eigenvalue weighted by Crippen LogP contribution is 2.49. The second-order valence-corrected chi connectivity index (χ2v) is 13.6. The Morgan fingerprint density at radius 3 is 1.80 bits per heavy atom. The van der Waals surface area contributed by atoms with Crippen molar-refractivity contribution in [1.29, 1.82) is 0 Å². The lowest BCUT2D eigenvalue weighted by atomic mass is 9.96. The predicted molar refractivity (Wildman–Crippen MR) is 232 cm³/mol. The number of hydrogen-bond donors (Lipinski definition) is 0. The van der Waals surface area contributed by atoms with E-state index in [1.165, 1.54) is 21.9 Å². The number of benzene rings is 7. The van der Waals surface area contributed by atoms with Crippen LogP contribution in [0.15, 0.2) is 180 Å². The Morgan fingerprint density at radius 1 is 0.593 bits per heavy atom. The number of hydrogen-bond acceptors (Lipinski definition) is 1. The monoisotopic (exact) mass is 694 g/mol. The third-order valence-corrected chi connectivity index (χ3v) is 10.5. The first-order valence-electron chi connectivity index (χ1n) is 18.2. The molecule has 0 aliphatic rings. The molecule has 0 N–H and O–H groups in total. The van der Waals surface area contributed by atoms with E-state index in [0.717, 1.165) is 72.2 Å². The topological polar surface area (TPSA) is 34.6 Å². The minimum atomic E-state index is 0.568. The van der Waals surface area contributed by atoms with Crippen LogP contribution < -0.4 is 0 Å². The molecular weight excluding hydrogens is 657 g/mol.